The summed E-state index contributed by atoms with van der Waals surface area (Å²) in [5.41, 5.74) is 4.80. The largest absolute Gasteiger partial charge is 0.477 e. The first-order chi connectivity index (χ1) is 10.8. The maximum Gasteiger partial charge on any atom is 0.404 e. The zero-order chi connectivity index (χ0) is 17.1. The number of hydrogen-bond donors (Lipinski definition) is 2. The van der Waals surface area contributed by atoms with Gasteiger partial charge in [0.25, 0.3) is 0 Å². The Morgan fingerprint density at radius 3 is 2.78 bits per heavy atom. The van der Waals surface area contributed by atoms with Crippen LogP contribution in [0.3, 0.4) is 0 Å². The van der Waals surface area contributed by atoms with Crippen molar-refractivity contribution in [3.63, 3.8) is 0 Å². The van der Waals surface area contributed by atoms with Crippen LogP contribution in [0.25, 0.3) is 0 Å². The predicted octanol–water partition coefficient (Wildman–Crippen LogP) is -0.632. The summed E-state index contributed by atoms with van der Waals surface area (Å²) in [5, 5.41) is 8.56. The lowest BCUT2D eigenvalue weighted by Crippen LogP contribution is -2.43. The number of carboxylic acid groups (broad SMARTS) is 1. The molecule has 0 aromatic carbocycles. The highest BCUT2D eigenvalue weighted by atomic mass is 32.2. The van der Waals surface area contributed by atoms with E-state index in [-0.39, 0.29) is 18.9 Å². The summed E-state index contributed by atoms with van der Waals surface area (Å²) in [7, 11) is -1.50. The van der Waals surface area contributed by atoms with Gasteiger partial charge in [0.15, 0.2) is 0 Å². The van der Waals surface area contributed by atoms with E-state index in [2.05, 4.69) is 9.57 Å². The number of aliphatic carboxylic acids is 1. The molecule has 10 nitrogen and oxygen atoms in total. The fraction of sp³-hybridized carbons (Fsp3) is 0.727. The summed E-state index contributed by atoms with van der Waals surface area (Å²) in [6, 6.07) is -1.22. The van der Waals surface area contributed by atoms with Crippen molar-refractivity contribution in [2.45, 2.75) is 30.6 Å². The van der Waals surface area contributed by atoms with E-state index in [4.69, 9.17) is 10.8 Å². The lowest BCUT2D eigenvalue weighted by atomic mass is 10.1. The maximum atomic E-state index is 13.2. The summed E-state index contributed by atoms with van der Waals surface area (Å²) < 4.78 is 29.9. The fourth-order valence-corrected chi connectivity index (χ4v) is 3.89. The standard InChI is InChI=1S/C11H16FN3O7S/c12-8(9(16)17)22-15-6-1-2-7(14(5-6)11(15)19)23(20)4-3-21-10(13)18/h6-8H,1-5H2,(H2,13,18)(H,16,17)/t6-,7-,8+,23-/m1/s1. The molecule has 0 aromatic heterocycles. The van der Waals surface area contributed by atoms with Crippen molar-refractivity contribution in [1.82, 2.24) is 9.96 Å². The van der Waals surface area contributed by atoms with Crippen molar-refractivity contribution in [3.8, 4) is 0 Å². The molecule has 2 aliphatic rings. The number of ether oxygens (including phenoxy) is 1. The summed E-state index contributed by atoms with van der Waals surface area (Å²) in [6.07, 6.45) is -2.86. The number of amides is 3. The van der Waals surface area contributed by atoms with Gasteiger partial charge in [-0.05, 0) is 12.8 Å². The Balaban J connectivity index is 1.96. The lowest BCUT2D eigenvalue weighted by Gasteiger charge is -2.29. The average molecular weight is 353 g/mol. The van der Waals surface area contributed by atoms with E-state index < -0.39 is 46.7 Å². The molecular formula is C11H16FN3O7S. The van der Waals surface area contributed by atoms with Gasteiger partial charge in [-0.25, -0.2) is 23.6 Å². The number of hydrogen-bond acceptors (Lipinski definition) is 6. The van der Waals surface area contributed by atoms with E-state index in [1.165, 1.54) is 4.90 Å². The van der Waals surface area contributed by atoms with E-state index in [1.54, 1.807) is 0 Å². The van der Waals surface area contributed by atoms with Gasteiger partial charge in [-0.1, -0.05) is 0 Å². The van der Waals surface area contributed by atoms with Crippen LogP contribution in [0.2, 0.25) is 0 Å². The van der Waals surface area contributed by atoms with E-state index >= 15 is 0 Å². The summed E-state index contributed by atoms with van der Waals surface area (Å²) in [4.78, 5) is 38.9. The van der Waals surface area contributed by atoms with Gasteiger partial charge in [-0.3, -0.25) is 4.21 Å². The molecule has 3 N–H and O–H groups in total. The first-order valence-corrected chi connectivity index (χ1v) is 8.12. The van der Waals surface area contributed by atoms with Gasteiger partial charge in [0, 0.05) is 17.3 Å². The highest BCUT2D eigenvalue weighted by Gasteiger charge is 2.48. The molecule has 2 saturated heterocycles. The minimum Gasteiger partial charge on any atom is -0.477 e. The van der Waals surface area contributed by atoms with E-state index in [1.807, 2.05) is 0 Å². The Bertz CT molecular complexity index is 534. The molecule has 2 aliphatic heterocycles. The van der Waals surface area contributed by atoms with Gasteiger partial charge >= 0.3 is 24.5 Å². The number of primary amides is 1. The van der Waals surface area contributed by atoms with Crippen LogP contribution >= 0.6 is 0 Å². The number of nitrogens with zero attached hydrogens (tertiary/aromatic N) is 2. The highest BCUT2D eigenvalue weighted by Crippen LogP contribution is 2.32. The van der Waals surface area contributed by atoms with Gasteiger partial charge in [0.05, 0.1) is 11.8 Å². The minimum atomic E-state index is -2.65. The van der Waals surface area contributed by atoms with Crippen LogP contribution in [0.4, 0.5) is 14.0 Å². The summed E-state index contributed by atoms with van der Waals surface area (Å²) in [6.45, 7) is 0.0218. The maximum absolute atomic E-state index is 13.2. The number of carboxylic acids is 1. The van der Waals surface area contributed by atoms with E-state index in [0.717, 1.165) is 0 Å². The number of carbonyl (C=O) groups is 3. The summed E-state index contributed by atoms with van der Waals surface area (Å²) in [5.74, 6) is -1.83. The van der Waals surface area contributed by atoms with Crippen LogP contribution in [-0.2, 0) is 25.2 Å². The molecule has 0 radical (unpaired) electrons. The average Bonchev–Trinajstić information content (AvgIpc) is 2.71. The van der Waals surface area contributed by atoms with Crippen molar-refractivity contribution >= 4 is 28.9 Å². The van der Waals surface area contributed by atoms with Crippen LogP contribution in [-0.4, -0.2) is 74.1 Å². The molecule has 2 fully saturated rings. The number of nitrogens with two attached hydrogens (primary N) is 1. The van der Waals surface area contributed by atoms with Gasteiger partial charge in [0.1, 0.15) is 12.0 Å². The second kappa shape index (κ2) is 7.08. The van der Waals surface area contributed by atoms with Gasteiger partial charge < -0.3 is 20.5 Å². The number of carbonyl (C=O) groups excluding carboxylic acids is 2. The van der Waals surface area contributed by atoms with Crippen molar-refractivity contribution in [1.29, 1.82) is 0 Å². The molecule has 2 rings (SSSR count). The first kappa shape index (κ1) is 17.4. The molecule has 0 aliphatic carbocycles. The Hall–Kier alpha value is -1.95. The Kier molecular flexibility index (Phi) is 5.36. The molecule has 0 unspecified atom stereocenters. The Morgan fingerprint density at radius 2 is 2.17 bits per heavy atom. The zero-order valence-electron chi connectivity index (χ0n) is 11.9. The van der Waals surface area contributed by atoms with Crippen molar-refractivity contribution in [3.05, 3.63) is 0 Å². The SMILES string of the molecule is NC(=O)OCC[S@@](=O)[C@@H]1CC[C@@H]2CN1C(=O)N2O[C@H](F)C(=O)O. The molecule has 2 heterocycles. The number of piperidine rings is 1. The predicted molar refractivity (Wildman–Crippen MR) is 72.9 cm³/mol. The first-order valence-electron chi connectivity index (χ1n) is 6.74. The third kappa shape index (κ3) is 3.88. The van der Waals surface area contributed by atoms with Gasteiger partial charge in [-0.15, -0.1) is 0 Å². The molecule has 0 aromatic rings. The van der Waals surface area contributed by atoms with E-state index in [0.29, 0.717) is 17.9 Å². The molecular weight excluding hydrogens is 337 g/mol. The number of rotatable bonds is 7. The lowest BCUT2D eigenvalue weighted by molar-refractivity contribution is -0.223. The van der Waals surface area contributed by atoms with Crippen LogP contribution < -0.4 is 5.73 Å². The van der Waals surface area contributed by atoms with Crippen LogP contribution in [0, 0.1) is 0 Å². The number of fused-ring (bicyclic) bond motifs is 2. The molecule has 4 atom stereocenters. The Labute approximate surface area is 132 Å². The highest BCUT2D eigenvalue weighted by molar-refractivity contribution is 7.85. The van der Waals surface area contributed by atoms with Gasteiger partial charge in [0.2, 0.25) is 0 Å². The van der Waals surface area contributed by atoms with Gasteiger partial charge in [-0.2, -0.15) is 5.06 Å². The molecule has 0 saturated carbocycles. The third-order valence-electron chi connectivity index (χ3n) is 3.50. The quantitative estimate of drug-likeness (QED) is 0.621. The number of hydroxylamine groups is 2. The second-order valence-electron chi connectivity index (χ2n) is 4.96. The normalized spacial score (nSPS) is 26.0. The van der Waals surface area contributed by atoms with E-state index in [9.17, 15) is 23.0 Å². The molecule has 12 heteroatoms. The molecule has 2 bridgehead atoms. The fourth-order valence-electron chi connectivity index (χ4n) is 2.51. The number of urea groups is 1. The minimum absolute atomic E-state index is 0.00374. The smallest absolute Gasteiger partial charge is 0.404 e. The number of alkyl halides is 1. The topological polar surface area (TPSA) is 139 Å². The monoisotopic (exact) mass is 353 g/mol. The summed E-state index contributed by atoms with van der Waals surface area (Å²) >= 11 is 0. The van der Waals surface area contributed by atoms with Crippen molar-refractivity contribution < 1.29 is 37.7 Å². The van der Waals surface area contributed by atoms with Crippen LogP contribution in [0.1, 0.15) is 12.8 Å². The second-order valence-corrected chi connectivity index (χ2v) is 6.67. The Morgan fingerprint density at radius 1 is 1.48 bits per heavy atom. The van der Waals surface area contributed by atoms with Crippen LogP contribution in [0.5, 0.6) is 0 Å². The zero-order valence-corrected chi connectivity index (χ0v) is 12.7. The molecule has 130 valence electrons. The molecule has 3 amide bonds. The van der Waals surface area contributed by atoms with Crippen molar-refractivity contribution in [2.24, 2.45) is 5.73 Å². The van der Waals surface area contributed by atoms with Crippen LogP contribution in [0.15, 0.2) is 0 Å². The molecule has 0 spiro atoms. The molecule has 23 heavy (non-hydrogen) atoms. The third-order valence-corrected chi connectivity index (χ3v) is 5.17. The number of halogens is 1. The van der Waals surface area contributed by atoms with Crippen molar-refractivity contribution in [2.75, 3.05) is 18.9 Å².